The Morgan fingerprint density at radius 2 is 1.62 bits per heavy atom. The van der Waals surface area contributed by atoms with Crippen molar-refractivity contribution in [2.75, 3.05) is 0 Å². The molecule has 0 aliphatic heterocycles. The molecule has 2 aromatic heterocycles. The van der Waals surface area contributed by atoms with Crippen molar-refractivity contribution in [3.63, 3.8) is 0 Å². The summed E-state index contributed by atoms with van der Waals surface area (Å²) in [5, 5.41) is 28.3. The van der Waals surface area contributed by atoms with Gasteiger partial charge in [-0.1, -0.05) is 86.6 Å². The topological polar surface area (TPSA) is 122 Å². The SMILES string of the molecule is CC(C)CCc1nc(Cc2ccc(CC(=O)O)cc2)n(Cc2ccc(-c3ccccc3-c3nnn[nH]3)cc2)n1. The Morgan fingerprint density at radius 3 is 2.28 bits per heavy atom. The highest BCUT2D eigenvalue weighted by Gasteiger charge is 2.14. The van der Waals surface area contributed by atoms with E-state index in [1.54, 1.807) is 0 Å². The van der Waals surface area contributed by atoms with E-state index in [1.807, 2.05) is 47.1 Å². The normalized spacial score (nSPS) is 11.3. The maximum absolute atomic E-state index is 11.0. The lowest BCUT2D eigenvalue weighted by molar-refractivity contribution is -0.136. The van der Waals surface area contributed by atoms with Crippen LogP contribution < -0.4 is 0 Å². The number of aliphatic carboxylic acids is 1. The number of aromatic nitrogens is 7. The molecule has 2 N–H and O–H groups in total. The molecule has 0 fully saturated rings. The highest BCUT2D eigenvalue weighted by Crippen LogP contribution is 2.30. The van der Waals surface area contributed by atoms with Gasteiger partial charge in [0.1, 0.15) is 5.82 Å². The van der Waals surface area contributed by atoms with Gasteiger partial charge in [-0.15, -0.1) is 5.10 Å². The Kier molecular flexibility index (Phi) is 7.86. The number of hydrogen-bond acceptors (Lipinski definition) is 6. The average molecular weight is 522 g/mol. The lowest BCUT2D eigenvalue weighted by Gasteiger charge is -2.10. The monoisotopic (exact) mass is 521 g/mol. The number of benzene rings is 3. The van der Waals surface area contributed by atoms with Gasteiger partial charge >= 0.3 is 5.97 Å². The summed E-state index contributed by atoms with van der Waals surface area (Å²) in [5.74, 6) is 2.12. The van der Waals surface area contributed by atoms with Crippen molar-refractivity contribution < 1.29 is 9.90 Å². The van der Waals surface area contributed by atoms with Crippen LogP contribution in [-0.2, 0) is 30.6 Å². The second-order valence-corrected chi connectivity index (χ2v) is 10.1. The number of nitrogens with zero attached hydrogens (tertiary/aromatic N) is 6. The lowest BCUT2D eigenvalue weighted by atomic mass is 9.98. The van der Waals surface area contributed by atoms with Gasteiger partial charge in [0.15, 0.2) is 11.6 Å². The highest BCUT2D eigenvalue weighted by molar-refractivity contribution is 5.80. The summed E-state index contributed by atoms with van der Waals surface area (Å²) in [6, 6.07) is 24.2. The molecule has 2 heterocycles. The summed E-state index contributed by atoms with van der Waals surface area (Å²) < 4.78 is 1.99. The number of aromatic amines is 1. The van der Waals surface area contributed by atoms with E-state index < -0.39 is 5.97 Å². The summed E-state index contributed by atoms with van der Waals surface area (Å²) >= 11 is 0. The summed E-state index contributed by atoms with van der Waals surface area (Å²) in [6.45, 7) is 5.01. The molecule has 0 aliphatic rings. The van der Waals surface area contributed by atoms with E-state index in [4.69, 9.17) is 15.2 Å². The van der Waals surface area contributed by atoms with E-state index in [1.165, 1.54) is 0 Å². The van der Waals surface area contributed by atoms with E-state index in [0.717, 1.165) is 57.9 Å². The van der Waals surface area contributed by atoms with E-state index in [-0.39, 0.29) is 6.42 Å². The number of hydrogen-bond donors (Lipinski definition) is 2. The molecule has 0 saturated heterocycles. The fourth-order valence-electron chi connectivity index (χ4n) is 4.52. The van der Waals surface area contributed by atoms with Gasteiger partial charge in [0, 0.05) is 18.4 Å². The third-order valence-corrected chi connectivity index (χ3v) is 6.60. The Balaban J connectivity index is 1.37. The van der Waals surface area contributed by atoms with Gasteiger partial charge in [0.25, 0.3) is 0 Å². The van der Waals surface area contributed by atoms with Crippen molar-refractivity contribution in [1.82, 2.24) is 35.4 Å². The van der Waals surface area contributed by atoms with Gasteiger partial charge < -0.3 is 5.11 Å². The van der Waals surface area contributed by atoms with Crippen LogP contribution in [0.3, 0.4) is 0 Å². The first-order valence-corrected chi connectivity index (χ1v) is 13.1. The fourth-order valence-corrected chi connectivity index (χ4v) is 4.52. The molecule has 5 rings (SSSR count). The van der Waals surface area contributed by atoms with Gasteiger partial charge in [0.2, 0.25) is 0 Å². The Morgan fingerprint density at radius 1 is 0.923 bits per heavy atom. The molecule has 198 valence electrons. The molecule has 9 nitrogen and oxygen atoms in total. The predicted molar refractivity (Wildman–Crippen MR) is 148 cm³/mol. The van der Waals surface area contributed by atoms with Crippen LogP contribution in [0.5, 0.6) is 0 Å². The minimum Gasteiger partial charge on any atom is -0.481 e. The molecular formula is C30H31N7O2. The molecule has 0 amide bonds. The standard InChI is InChI=1S/C30H31N7O2/c1-20(2)7-16-27-31-28(17-21-8-10-22(11-9-21)18-29(38)39)37(34-27)19-23-12-14-24(15-13-23)25-5-3-4-6-26(25)30-32-35-36-33-30/h3-6,8-15,20H,7,16-19H2,1-2H3,(H,38,39)(H,32,33,35,36). The minimum atomic E-state index is -0.832. The Labute approximate surface area is 227 Å². The van der Waals surface area contributed by atoms with E-state index in [2.05, 4.69) is 64.8 Å². The summed E-state index contributed by atoms with van der Waals surface area (Å²) in [4.78, 5) is 15.9. The van der Waals surface area contributed by atoms with E-state index in [9.17, 15) is 4.79 Å². The molecule has 0 spiro atoms. The number of carbonyl (C=O) groups is 1. The van der Waals surface area contributed by atoms with E-state index >= 15 is 0 Å². The molecule has 0 unspecified atom stereocenters. The first kappa shape index (κ1) is 26.0. The molecule has 0 radical (unpaired) electrons. The quantitative estimate of drug-likeness (QED) is 0.251. The van der Waals surface area contributed by atoms with Gasteiger partial charge in [-0.2, -0.15) is 5.10 Å². The Hall–Kier alpha value is -4.66. The van der Waals surface area contributed by atoms with Crippen LogP contribution in [0.4, 0.5) is 0 Å². The van der Waals surface area contributed by atoms with Crippen molar-refractivity contribution in [3.05, 3.63) is 101 Å². The van der Waals surface area contributed by atoms with Crippen molar-refractivity contribution in [2.45, 2.75) is 46.1 Å². The van der Waals surface area contributed by atoms with Crippen molar-refractivity contribution in [2.24, 2.45) is 5.92 Å². The van der Waals surface area contributed by atoms with Crippen LogP contribution in [0, 0.1) is 5.92 Å². The van der Waals surface area contributed by atoms with Gasteiger partial charge in [-0.3, -0.25) is 4.79 Å². The van der Waals surface area contributed by atoms with Crippen LogP contribution in [0.15, 0.2) is 72.8 Å². The smallest absolute Gasteiger partial charge is 0.307 e. The zero-order valence-corrected chi connectivity index (χ0v) is 22.1. The second-order valence-electron chi connectivity index (χ2n) is 10.1. The first-order chi connectivity index (χ1) is 18.9. The molecule has 3 aromatic carbocycles. The molecular weight excluding hydrogens is 490 g/mol. The molecule has 39 heavy (non-hydrogen) atoms. The molecule has 5 aromatic rings. The van der Waals surface area contributed by atoms with Crippen LogP contribution in [0.25, 0.3) is 22.5 Å². The summed E-state index contributed by atoms with van der Waals surface area (Å²) in [6.07, 6.45) is 2.51. The van der Waals surface area contributed by atoms with Gasteiger partial charge in [-0.05, 0) is 50.6 Å². The van der Waals surface area contributed by atoms with Gasteiger partial charge in [-0.25, -0.2) is 14.8 Å². The number of rotatable bonds is 11. The molecule has 0 saturated carbocycles. The fraction of sp³-hybridized carbons (Fsp3) is 0.267. The van der Waals surface area contributed by atoms with Crippen molar-refractivity contribution >= 4 is 5.97 Å². The number of carboxylic acid groups (broad SMARTS) is 1. The number of H-pyrrole nitrogens is 1. The zero-order chi connectivity index (χ0) is 27.2. The van der Waals surface area contributed by atoms with E-state index in [0.29, 0.717) is 24.7 Å². The average Bonchev–Trinajstić information content (AvgIpc) is 3.59. The summed E-state index contributed by atoms with van der Waals surface area (Å²) in [7, 11) is 0. The molecule has 9 heteroatoms. The van der Waals surface area contributed by atoms with Crippen LogP contribution in [0.1, 0.15) is 48.6 Å². The minimum absolute atomic E-state index is 0.0194. The maximum atomic E-state index is 11.0. The van der Waals surface area contributed by atoms with Crippen LogP contribution in [-0.4, -0.2) is 46.5 Å². The second kappa shape index (κ2) is 11.8. The zero-order valence-electron chi connectivity index (χ0n) is 22.1. The summed E-state index contributed by atoms with van der Waals surface area (Å²) in [5.41, 5.74) is 6.04. The number of carboxylic acids is 1. The van der Waals surface area contributed by atoms with Crippen LogP contribution in [0.2, 0.25) is 0 Å². The van der Waals surface area contributed by atoms with Crippen molar-refractivity contribution in [3.8, 4) is 22.5 Å². The number of tetrazole rings is 1. The lowest BCUT2D eigenvalue weighted by Crippen LogP contribution is -2.08. The first-order valence-electron chi connectivity index (χ1n) is 13.1. The maximum Gasteiger partial charge on any atom is 0.307 e. The molecule has 0 aliphatic carbocycles. The third kappa shape index (κ3) is 6.62. The predicted octanol–water partition coefficient (Wildman–Crippen LogP) is 4.98. The van der Waals surface area contributed by atoms with Gasteiger partial charge in [0.05, 0.1) is 13.0 Å². The molecule has 0 bridgehead atoms. The van der Waals surface area contributed by atoms with Crippen molar-refractivity contribution in [1.29, 1.82) is 0 Å². The highest BCUT2D eigenvalue weighted by atomic mass is 16.4. The Bertz CT molecular complexity index is 1520. The molecule has 0 atom stereocenters. The number of aryl methyl sites for hydroxylation is 1. The largest absolute Gasteiger partial charge is 0.481 e. The number of nitrogens with one attached hydrogen (secondary N) is 1. The van der Waals surface area contributed by atoms with Crippen LogP contribution >= 0.6 is 0 Å². The third-order valence-electron chi connectivity index (χ3n) is 6.60.